The van der Waals surface area contributed by atoms with Crippen LogP contribution in [0.5, 0.6) is 0 Å². The minimum Gasteiger partial charge on any atom is -0.379 e. The molecule has 2 aromatic heterocycles. The molecule has 0 aromatic carbocycles. The molecule has 7 nitrogen and oxygen atoms in total. The zero-order valence-electron chi connectivity index (χ0n) is 12.2. The van der Waals surface area contributed by atoms with Gasteiger partial charge in [0.25, 0.3) is 0 Å². The minimum absolute atomic E-state index is 0.550. The Bertz CT molecular complexity index is 539. The predicted molar refractivity (Wildman–Crippen MR) is 80.0 cm³/mol. The Hall–Kier alpha value is -1.89. The van der Waals surface area contributed by atoms with Crippen LogP contribution < -0.4 is 10.6 Å². The summed E-state index contributed by atoms with van der Waals surface area (Å²) in [4.78, 5) is 16.0. The van der Waals surface area contributed by atoms with E-state index in [4.69, 9.17) is 4.74 Å². The van der Waals surface area contributed by atoms with Gasteiger partial charge in [0.2, 0.25) is 5.95 Å². The van der Waals surface area contributed by atoms with Crippen molar-refractivity contribution < 1.29 is 4.74 Å². The Morgan fingerprint density at radius 2 is 2.15 bits per heavy atom. The summed E-state index contributed by atoms with van der Waals surface area (Å²) in [6.45, 7) is 9.16. The van der Waals surface area contributed by atoms with Gasteiger partial charge in [-0.05, 0) is 12.8 Å². The lowest BCUT2D eigenvalue weighted by Gasteiger charge is -2.10. The largest absolute Gasteiger partial charge is 0.379 e. The Labute approximate surface area is 118 Å². The van der Waals surface area contributed by atoms with Crippen LogP contribution in [0.25, 0.3) is 11.2 Å². The maximum atomic E-state index is 5.54. The van der Waals surface area contributed by atoms with E-state index in [0.717, 1.165) is 24.5 Å². The van der Waals surface area contributed by atoms with Gasteiger partial charge in [-0.2, -0.15) is 9.97 Å². The summed E-state index contributed by atoms with van der Waals surface area (Å²) in [5, 5.41) is 6.36. The van der Waals surface area contributed by atoms with Crippen molar-refractivity contribution >= 4 is 22.9 Å². The summed E-state index contributed by atoms with van der Waals surface area (Å²) in [6.07, 6.45) is 1.62. The molecule has 0 bridgehead atoms. The maximum Gasteiger partial charge on any atom is 0.226 e. The fraction of sp³-hybridized carbons (Fsp3) is 0.615. The molecular weight excluding hydrogens is 256 g/mol. The first-order valence-corrected chi connectivity index (χ1v) is 6.97. The second kappa shape index (κ2) is 7.04. The summed E-state index contributed by atoms with van der Waals surface area (Å²) in [5.41, 5.74) is 1.47. The summed E-state index contributed by atoms with van der Waals surface area (Å²) in [6, 6.07) is 0. The summed E-state index contributed by atoms with van der Waals surface area (Å²) < 4.78 is 5.54. The average Bonchev–Trinajstić information content (AvgIpc) is 2.86. The lowest BCUT2D eigenvalue weighted by molar-refractivity contribution is 0.118. The lowest BCUT2D eigenvalue weighted by Crippen LogP contribution is -2.14. The topological polar surface area (TPSA) is 87.8 Å². The van der Waals surface area contributed by atoms with Gasteiger partial charge in [-0.15, -0.1) is 0 Å². The average molecular weight is 278 g/mol. The number of nitrogens with zero attached hydrogens (tertiary/aromatic N) is 3. The van der Waals surface area contributed by atoms with Gasteiger partial charge in [-0.25, -0.2) is 4.98 Å². The number of H-pyrrole nitrogens is 1. The van der Waals surface area contributed by atoms with Gasteiger partial charge in [0.05, 0.1) is 12.9 Å². The monoisotopic (exact) mass is 278 g/mol. The summed E-state index contributed by atoms with van der Waals surface area (Å²) >= 11 is 0. The van der Waals surface area contributed by atoms with Crippen molar-refractivity contribution in [3.05, 3.63) is 6.33 Å². The molecule has 0 spiro atoms. The van der Waals surface area contributed by atoms with Crippen molar-refractivity contribution in [2.24, 2.45) is 5.92 Å². The first kappa shape index (κ1) is 14.5. The van der Waals surface area contributed by atoms with Gasteiger partial charge in [-0.3, -0.25) is 0 Å². The highest BCUT2D eigenvalue weighted by Crippen LogP contribution is 2.18. The molecular formula is C13H22N6O. The summed E-state index contributed by atoms with van der Waals surface area (Å²) in [7, 11) is 0. The van der Waals surface area contributed by atoms with E-state index in [1.807, 2.05) is 6.92 Å². The van der Waals surface area contributed by atoms with Crippen LogP contribution in [0.4, 0.5) is 11.8 Å². The highest BCUT2D eigenvalue weighted by atomic mass is 16.5. The third kappa shape index (κ3) is 3.80. The third-order valence-electron chi connectivity index (χ3n) is 2.61. The number of aromatic amines is 1. The van der Waals surface area contributed by atoms with E-state index >= 15 is 0 Å². The van der Waals surface area contributed by atoms with Crippen LogP contribution >= 0.6 is 0 Å². The van der Waals surface area contributed by atoms with Gasteiger partial charge < -0.3 is 20.4 Å². The van der Waals surface area contributed by atoms with Crippen molar-refractivity contribution in [2.75, 3.05) is 36.9 Å². The summed E-state index contributed by atoms with van der Waals surface area (Å²) in [5.74, 6) is 1.88. The number of imidazole rings is 1. The van der Waals surface area contributed by atoms with Crippen LogP contribution in [-0.4, -0.2) is 46.2 Å². The van der Waals surface area contributed by atoms with E-state index in [1.165, 1.54) is 0 Å². The van der Waals surface area contributed by atoms with Crippen LogP contribution in [-0.2, 0) is 4.74 Å². The van der Waals surface area contributed by atoms with Gasteiger partial charge in [-0.1, -0.05) is 13.8 Å². The number of rotatable bonds is 8. The second-order valence-corrected chi connectivity index (χ2v) is 4.92. The normalized spacial score (nSPS) is 11.2. The Morgan fingerprint density at radius 1 is 1.30 bits per heavy atom. The standard InChI is InChI=1S/C13H22N6O/c1-4-14-13-18-11(10-12(19-13)17-8-16-10)15-5-6-20-7-9(2)3/h8-9H,4-7H2,1-3H3,(H3,14,15,16,17,18,19). The van der Waals surface area contributed by atoms with Crippen LogP contribution in [0.15, 0.2) is 6.33 Å². The molecule has 0 aliphatic carbocycles. The van der Waals surface area contributed by atoms with Crippen molar-refractivity contribution in [2.45, 2.75) is 20.8 Å². The third-order valence-corrected chi connectivity index (χ3v) is 2.61. The van der Waals surface area contributed by atoms with E-state index in [2.05, 4.69) is 44.4 Å². The molecule has 0 atom stereocenters. The first-order valence-electron chi connectivity index (χ1n) is 6.97. The molecule has 0 aliphatic heterocycles. The lowest BCUT2D eigenvalue weighted by atomic mass is 10.2. The van der Waals surface area contributed by atoms with E-state index in [9.17, 15) is 0 Å². The van der Waals surface area contributed by atoms with Gasteiger partial charge in [0.15, 0.2) is 11.5 Å². The molecule has 2 rings (SSSR count). The number of nitrogens with one attached hydrogen (secondary N) is 3. The molecule has 7 heteroatoms. The highest BCUT2D eigenvalue weighted by Gasteiger charge is 2.09. The second-order valence-electron chi connectivity index (χ2n) is 4.92. The Balaban J connectivity index is 1.98. The number of fused-ring (bicyclic) bond motifs is 1. The Morgan fingerprint density at radius 3 is 2.90 bits per heavy atom. The van der Waals surface area contributed by atoms with Crippen LogP contribution in [0, 0.1) is 5.92 Å². The van der Waals surface area contributed by atoms with Gasteiger partial charge in [0, 0.05) is 19.7 Å². The molecule has 20 heavy (non-hydrogen) atoms. The SMILES string of the molecule is CCNc1nc(NCCOCC(C)C)c2[nH]cnc2n1. The van der Waals surface area contributed by atoms with Crippen molar-refractivity contribution in [3.8, 4) is 0 Å². The fourth-order valence-corrected chi connectivity index (χ4v) is 1.76. The smallest absolute Gasteiger partial charge is 0.226 e. The van der Waals surface area contributed by atoms with Crippen LogP contribution in [0.1, 0.15) is 20.8 Å². The van der Waals surface area contributed by atoms with Gasteiger partial charge in [0.1, 0.15) is 5.52 Å². The van der Waals surface area contributed by atoms with Crippen LogP contribution in [0.2, 0.25) is 0 Å². The Kier molecular flexibility index (Phi) is 5.11. The van der Waals surface area contributed by atoms with Gasteiger partial charge >= 0.3 is 0 Å². The highest BCUT2D eigenvalue weighted by molar-refractivity contribution is 5.83. The molecule has 0 unspecified atom stereocenters. The zero-order chi connectivity index (χ0) is 14.4. The molecule has 0 saturated heterocycles. The van der Waals surface area contributed by atoms with E-state index in [-0.39, 0.29) is 0 Å². The number of anilines is 2. The predicted octanol–water partition coefficient (Wildman–Crippen LogP) is 1.87. The number of ether oxygens (including phenoxy) is 1. The molecule has 110 valence electrons. The minimum atomic E-state index is 0.550. The number of aromatic nitrogens is 4. The zero-order valence-corrected chi connectivity index (χ0v) is 12.2. The molecule has 0 aliphatic rings. The quantitative estimate of drug-likeness (QED) is 0.639. The van der Waals surface area contributed by atoms with E-state index < -0.39 is 0 Å². The first-order chi connectivity index (χ1) is 9.70. The molecule has 0 fully saturated rings. The fourth-order valence-electron chi connectivity index (χ4n) is 1.76. The van der Waals surface area contributed by atoms with E-state index in [1.54, 1.807) is 6.33 Å². The molecule has 2 heterocycles. The van der Waals surface area contributed by atoms with Crippen molar-refractivity contribution in [3.63, 3.8) is 0 Å². The molecule has 0 radical (unpaired) electrons. The van der Waals surface area contributed by atoms with E-state index in [0.29, 0.717) is 30.7 Å². The molecule has 0 amide bonds. The maximum absolute atomic E-state index is 5.54. The molecule has 0 saturated carbocycles. The number of hydrogen-bond acceptors (Lipinski definition) is 6. The van der Waals surface area contributed by atoms with Crippen LogP contribution in [0.3, 0.4) is 0 Å². The molecule has 3 N–H and O–H groups in total. The van der Waals surface area contributed by atoms with Crippen molar-refractivity contribution in [1.29, 1.82) is 0 Å². The number of hydrogen-bond donors (Lipinski definition) is 3. The van der Waals surface area contributed by atoms with Crippen molar-refractivity contribution in [1.82, 2.24) is 19.9 Å². The molecule has 2 aromatic rings.